The molecule has 1 aliphatic heterocycles. The third kappa shape index (κ3) is 2.33. The summed E-state index contributed by atoms with van der Waals surface area (Å²) in [6.45, 7) is 5.76. The van der Waals surface area contributed by atoms with Crippen molar-refractivity contribution in [2.75, 3.05) is 25.0 Å². The number of hydrogen-bond donors (Lipinski definition) is 1. The molecule has 0 unspecified atom stereocenters. The van der Waals surface area contributed by atoms with Gasteiger partial charge in [-0.1, -0.05) is 6.92 Å². The van der Waals surface area contributed by atoms with Gasteiger partial charge in [-0.15, -0.1) is 11.3 Å². The molecular formula is C13H18N4S. The zero-order valence-corrected chi connectivity index (χ0v) is 11.4. The lowest BCUT2D eigenvalue weighted by Crippen LogP contribution is -2.39. The van der Waals surface area contributed by atoms with E-state index in [4.69, 9.17) is 0 Å². The third-order valence-electron chi connectivity index (χ3n) is 3.64. The van der Waals surface area contributed by atoms with Gasteiger partial charge < -0.3 is 10.2 Å². The van der Waals surface area contributed by atoms with Gasteiger partial charge in [-0.2, -0.15) is 0 Å². The molecule has 3 rings (SSSR count). The van der Waals surface area contributed by atoms with E-state index in [9.17, 15) is 0 Å². The topological polar surface area (TPSA) is 41.0 Å². The van der Waals surface area contributed by atoms with Gasteiger partial charge >= 0.3 is 0 Å². The third-order valence-corrected chi connectivity index (χ3v) is 4.46. The zero-order chi connectivity index (χ0) is 12.4. The molecule has 0 bridgehead atoms. The van der Waals surface area contributed by atoms with E-state index in [1.165, 1.54) is 25.9 Å². The molecule has 0 radical (unpaired) electrons. The molecule has 3 heterocycles. The maximum atomic E-state index is 4.38. The Morgan fingerprint density at radius 2 is 2.22 bits per heavy atom. The number of piperidine rings is 1. The first-order valence-electron chi connectivity index (χ1n) is 6.54. The summed E-state index contributed by atoms with van der Waals surface area (Å²) < 4.78 is 0. The monoisotopic (exact) mass is 262 g/mol. The summed E-state index contributed by atoms with van der Waals surface area (Å²) in [5, 5.41) is 6.81. The molecule has 1 aliphatic rings. The van der Waals surface area contributed by atoms with Gasteiger partial charge in [0.2, 0.25) is 0 Å². The Balaban J connectivity index is 1.71. The van der Waals surface area contributed by atoms with E-state index in [-0.39, 0.29) is 0 Å². The van der Waals surface area contributed by atoms with Crippen molar-refractivity contribution in [1.82, 2.24) is 14.9 Å². The van der Waals surface area contributed by atoms with Crippen molar-refractivity contribution in [2.24, 2.45) is 0 Å². The first-order valence-corrected chi connectivity index (χ1v) is 7.42. The first-order chi connectivity index (χ1) is 8.86. The summed E-state index contributed by atoms with van der Waals surface area (Å²) in [6, 6.07) is 2.65. The van der Waals surface area contributed by atoms with Crippen LogP contribution in [0.1, 0.15) is 19.8 Å². The molecule has 1 fully saturated rings. The molecular weight excluding hydrogens is 244 g/mol. The highest BCUT2D eigenvalue weighted by atomic mass is 32.1. The Hall–Kier alpha value is -1.20. The van der Waals surface area contributed by atoms with Crippen LogP contribution in [0.25, 0.3) is 10.2 Å². The summed E-state index contributed by atoms with van der Waals surface area (Å²) in [6.07, 6.45) is 4.05. The lowest BCUT2D eigenvalue weighted by atomic mass is 10.1. The molecule has 4 nitrogen and oxygen atoms in total. The van der Waals surface area contributed by atoms with Gasteiger partial charge in [-0.25, -0.2) is 9.97 Å². The maximum Gasteiger partial charge on any atom is 0.138 e. The summed E-state index contributed by atoms with van der Waals surface area (Å²) >= 11 is 1.67. The molecule has 5 heteroatoms. The summed E-state index contributed by atoms with van der Waals surface area (Å²) in [4.78, 5) is 12.2. The van der Waals surface area contributed by atoms with E-state index in [0.717, 1.165) is 22.6 Å². The van der Waals surface area contributed by atoms with Crippen LogP contribution in [0.5, 0.6) is 0 Å². The van der Waals surface area contributed by atoms with Crippen molar-refractivity contribution in [3.05, 3.63) is 17.8 Å². The number of anilines is 1. The number of rotatable bonds is 3. The van der Waals surface area contributed by atoms with Gasteiger partial charge in [0.05, 0.1) is 5.39 Å². The van der Waals surface area contributed by atoms with Gasteiger partial charge in [0.15, 0.2) is 0 Å². The van der Waals surface area contributed by atoms with Gasteiger partial charge in [-0.05, 0) is 30.8 Å². The number of hydrogen-bond acceptors (Lipinski definition) is 5. The van der Waals surface area contributed by atoms with Crippen LogP contribution in [0.4, 0.5) is 5.82 Å². The Morgan fingerprint density at radius 1 is 1.39 bits per heavy atom. The highest BCUT2D eigenvalue weighted by molar-refractivity contribution is 7.16. The smallest absolute Gasteiger partial charge is 0.138 e. The molecule has 0 atom stereocenters. The van der Waals surface area contributed by atoms with Gasteiger partial charge in [0, 0.05) is 19.1 Å². The average Bonchev–Trinajstić information content (AvgIpc) is 2.89. The molecule has 2 aromatic heterocycles. The molecule has 0 saturated carbocycles. The van der Waals surface area contributed by atoms with Crippen molar-refractivity contribution in [1.29, 1.82) is 0 Å². The van der Waals surface area contributed by atoms with E-state index >= 15 is 0 Å². The molecule has 0 aliphatic carbocycles. The van der Waals surface area contributed by atoms with Gasteiger partial charge in [0.25, 0.3) is 0 Å². The second-order valence-electron chi connectivity index (χ2n) is 4.71. The molecule has 1 N–H and O–H groups in total. The van der Waals surface area contributed by atoms with Crippen LogP contribution in [0.2, 0.25) is 0 Å². The van der Waals surface area contributed by atoms with E-state index in [1.54, 1.807) is 17.7 Å². The number of thiophene rings is 1. The first kappa shape index (κ1) is 11.9. The fraction of sp³-hybridized carbons (Fsp3) is 0.538. The standard InChI is InChI=1S/C13H18N4S/c1-2-17-6-3-10(4-7-17)16-12-11-5-8-18-13(11)15-9-14-12/h5,8-10H,2-4,6-7H2,1H3,(H,14,15,16). The van der Waals surface area contributed by atoms with Crippen LogP contribution in [-0.2, 0) is 0 Å². The number of likely N-dealkylation sites (tertiary alicyclic amines) is 1. The number of aromatic nitrogens is 2. The van der Waals surface area contributed by atoms with Crippen LogP contribution in [0.3, 0.4) is 0 Å². The van der Waals surface area contributed by atoms with Crippen LogP contribution in [-0.4, -0.2) is 40.5 Å². The minimum absolute atomic E-state index is 0.547. The SMILES string of the molecule is CCN1CCC(Nc2ncnc3sccc23)CC1. The lowest BCUT2D eigenvalue weighted by Gasteiger charge is -2.31. The number of fused-ring (bicyclic) bond motifs is 1. The Kier molecular flexibility index (Phi) is 3.43. The van der Waals surface area contributed by atoms with Crippen LogP contribution < -0.4 is 5.32 Å². The van der Waals surface area contributed by atoms with Crippen molar-refractivity contribution < 1.29 is 0 Å². The Labute approximate surface area is 111 Å². The van der Waals surface area contributed by atoms with Gasteiger partial charge in [0.1, 0.15) is 17.0 Å². The molecule has 1 saturated heterocycles. The largest absolute Gasteiger partial charge is 0.367 e. The lowest BCUT2D eigenvalue weighted by molar-refractivity contribution is 0.229. The minimum atomic E-state index is 0.547. The molecule has 2 aromatic rings. The Bertz CT molecular complexity index is 516. The average molecular weight is 262 g/mol. The van der Waals surface area contributed by atoms with E-state index in [1.807, 2.05) is 0 Å². The van der Waals surface area contributed by atoms with Gasteiger partial charge in [-0.3, -0.25) is 0 Å². The van der Waals surface area contributed by atoms with Crippen molar-refractivity contribution in [2.45, 2.75) is 25.8 Å². The van der Waals surface area contributed by atoms with E-state index in [2.05, 4.69) is 38.6 Å². The van der Waals surface area contributed by atoms with E-state index in [0.29, 0.717) is 6.04 Å². The summed E-state index contributed by atoms with van der Waals surface area (Å²) in [5.74, 6) is 0.996. The highest BCUT2D eigenvalue weighted by Crippen LogP contribution is 2.25. The second kappa shape index (κ2) is 5.20. The second-order valence-corrected chi connectivity index (χ2v) is 5.61. The van der Waals surface area contributed by atoms with Crippen molar-refractivity contribution in [3.63, 3.8) is 0 Å². The van der Waals surface area contributed by atoms with Crippen LogP contribution in [0.15, 0.2) is 17.8 Å². The summed E-state index contributed by atoms with van der Waals surface area (Å²) in [7, 11) is 0. The predicted octanol–water partition coefficient (Wildman–Crippen LogP) is 2.59. The molecule has 18 heavy (non-hydrogen) atoms. The molecule has 0 spiro atoms. The van der Waals surface area contributed by atoms with Crippen LogP contribution in [0, 0.1) is 0 Å². The van der Waals surface area contributed by atoms with E-state index < -0.39 is 0 Å². The van der Waals surface area contributed by atoms with Crippen molar-refractivity contribution >= 4 is 27.4 Å². The summed E-state index contributed by atoms with van der Waals surface area (Å²) in [5.41, 5.74) is 0. The van der Waals surface area contributed by atoms with Crippen LogP contribution >= 0.6 is 11.3 Å². The Morgan fingerprint density at radius 3 is 3.00 bits per heavy atom. The molecule has 0 amide bonds. The fourth-order valence-electron chi connectivity index (χ4n) is 2.49. The molecule has 0 aromatic carbocycles. The van der Waals surface area contributed by atoms with Crippen molar-refractivity contribution in [3.8, 4) is 0 Å². The highest BCUT2D eigenvalue weighted by Gasteiger charge is 2.18. The zero-order valence-electron chi connectivity index (χ0n) is 10.6. The predicted molar refractivity (Wildman–Crippen MR) is 76.2 cm³/mol. The maximum absolute atomic E-state index is 4.38. The fourth-order valence-corrected chi connectivity index (χ4v) is 3.22. The molecule has 96 valence electrons. The minimum Gasteiger partial charge on any atom is -0.367 e. The normalized spacial score (nSPS) is 18.3. The number of nitrogens with one attached hydrogen (secondary N) is 1. The quantitative estimate of drug-likeness (QED) is 0.923. The number of nitrogens with zero attached hydrogens (tertiary/aromatic N) is 3.